The van der Waals surface area contributed by atoms with Crippen LogP contribution in [0.3, 0.4) is 0 Å². The molecule has 0 unspecified atom stereocenters. The van der Waals surface area contributed by atoms with Crippen molar-refractivity contribution in [2.75, 3.05) is 22.9 Å². The van der Waals surface area contributed by atoms with E-state index in [0.717, 1.165) is 0 Å². The standard InChI is InChI=1S/C24H22FN7O3/c1-12-19(10-28-32-22-15-9-14(25)7-8-17(15)31-24(22)35)29-13(2)21(12)23(34)27-11-20(33)30-18-6-4-3-5-16(18)26/h3-10,29H,11,26H2,1-2H3,(H,27,34)(H,30,33)(H,31,32,35)/b28-10+. The van der Waals surface area contributed by atoms with Gasteiger partial charge in [-0.05, 0) is 49.7 Å². The highest BCUT2D eigenvalue weighted by atomic mass is 19.1. The Hall–Kier alpha value is -4.80. The van der Waals surface area contributed by atoms with Crippen LogP contribution < -0.4 is 21.7 Å². The van der Waals surface area contributed by atoms with Crippen LogP contribution in [-0.2, 0) is 9.59 Å². The first-order valence-corrected chi connectivity index (χ1v) is 10.6. The lowest BCUT2D eigenvalue weighted by atomic mass is 10.1. The number of carbonyl (C=O) groups is 3. The number of benzene rings is 2. The van der Waals surface area contributed by atoms with Crippen LogP contribution in [0, 0.1) is 19.7 Å². The molecule has 1 aromatic heterocycles. The van der Waals surface area contributed by atoms with Gasteiger partial charge in [0, 0.05) is 11.3 Å². The first-order valence-electron chi connectivity index (χ1n) is 10.6. The molecule has 2 heterocycles. The van der Waals surface area contributed by atoms with E-state index in [1.54, 1.807) is 38.1 Å². The van der Waals surface area contributed by atoms with Gasteiger partial charge >= 0.3 is 0 Å². The minimum atomic E-state index is -0.496. The van der Waals surface area contributed by atoms with E-state index in [9.17, 15) is 18.8 Å². The van der Waals surface area contributed by atoms with E-state index < -0.39 is 23.5 Å². The molecule has 3 aromatic rings. The van der Waals surface area contributed by atoms with Gasteiger partial charge in [-0.1, -0.05) is 12.1 Å². The summed E-state index contributed by atoms with van der Waals surface area (Å²) in [6.45, 7) is 3.17. The second-order valence-electron chi connectivity index (χ2n) is 7.82. The zero-order valence-corrected chi connectivity index (χ0v) is 18.9. The van der Waals surface area contributed by atoms with Gasteiger partial charge in [-0.3, -0.25) is 14.4 Å². The molecule has 11 heteroatoms. The van der Waals surface area contributed by atoms with E-state index in [-0.39, 0.29) is 12.3 Å². The van der Waals surface area contributed by atoms with E-state index in [4.69, 9.17) is 5.73 Å². The molecule has 10 nitrogen and oxygen atoms in total. The van der Waals surface area contributed by atoms with Gasteiger partial charge in [-0.25, -0.2) is 4.39 Å². The summed E-state index contributed by atoms with van der Waals surface area (Å²) < 4.78 is 13.6. The highest BCUT2D eigenvalue weighted by molar-refractivity contribution is 6.53. The summed E-state index contributed by atoms with van der Waals surface area (Å²) in [5.74, 6) is -1.86. The van der Waals surface area contributed by atoms with Crippen LogP contribution in [0.2, 0.25) is 0 Å². The van der Waals surface area contributed by atoms with E-state index >= 15 is 0 Å². The maximum absolute atomic E-state index is 13.6. The SMILES string of the molecule is Cc1[nH]c(/C=N/N=C2\C(=O)Nc3ccc(F)cc32)c(C)c1C(=O)NCC(=O)Nc1ccccc1N. The molecule has 2 aromatic carbocycles. The number of nitrogens with two attached hydrogens (primary N) is 1. The van der Waals surface area contributed by atoms with Crippen LogP contribution in [0.5, 0.6) is 0 Å². The average Bonchev–Trinajstić information content (AvgIpc) is 3.28. The Morgan fingerprint density at radius 3 is 2.71 bits per heavy atom. The van der Waals surface area contributed by atoms with Gasteiger partial charge in [0.25, 0.3) is 11.8 Å². The molecule has 0 saturated heterocycles. The Bertz CT molecular complexity index is 1410. The van der Waals surface area contributed by atoms with E-state index in [2.05, 4.69) is 31.1 Å². The highest BCUT2D eigenvalue weighted by Crippen LogP contribution is 2.24. The van der Waals surface area contributed by atoms with Crippen molar-refractivity contribution in [3.8, 4) is 0 Å². The molecule has 0 spiro atoms. The average molecular weight is 475 g/mol. The number of anilines is 3. The molecule has 0 atom stereocenters. The number of aryl methyl sites for hydroxylation is 1. The molecule has 0 bridgehead atoms. The first-order chi connectivity index (χ1) is 16.7. The lowest BCUT2D eigenvalue weighted by Crippen LogP contribution is -2.33. The maximum Gasteiger partial charge on any atom is 0.276 e. The van der Waals surface area contributed by atoms with Crippen molar-refractivity contribution >= 4 is 46.7 Å². The minimum Gasteiger partial charge on any atom is -0.397 e. The molecular weight excluding hydrogens is 453 g/mol. The lowest BCUT2D eigenvalue weighted by Gasteiger charge is -2.09. The van der Waals surface area contributed by atoms with Crippen molar-refractivity contribution in [1.82, 2.24) is 10.3 Å². The normalized spacial score (nSPS) is 13.7. The molecule has 1 aliphatic heterocycles. The summed E-state index contributed by atoms with van der Waals surface area (Å²) in [5, 5.41) is 15.7. The van der Waals surface area contributed by atoms with Gasteiger partial charge in [0.05, 0.1) is 41.1 Å². The predicted octanol–water partition coefficient (Wildman–Crippen LogP) is 2.50. The van der Waals surface area contributed by atoms with Crippen molar-refractivity contribution in [2.45, 2.75) is 13.8 Å². The third kappa shape index (κ3) is 4.93. The summed E-state index contributed by atoms with van der Waals surface area (Å²) in [5.41, 5.74) is 9.45. The molecule has 4 rings (SSSR count). The van der Waals surface area contributed by atoms with E-state index in [0.29, 0.717) is 45.1 Å². The van der Waals surface area contributed by atoms with Gasteiger partial charge in [-0.15, -0.1) is 5.10 Å². The maximum atomic E-state index is 13.6. The van der Waals surface area contributed by atoms with Gasteiger partial charge in [0.15, 0.2) is 5.71 Å². The second-order valence-corrected chi connectivity index (χ2v) is 7.82. The number of carbonyl (C=O) groups excluding carboxylic acids is 3. The van der Waals surface area contributed by atoms with Crippen LogP contribution in [-0.4, -0.2) is 41.2 Å². The summed E-state index contributed by atoms with van der Waals surface area (Å²) in [7, 11) is 0. The van der Waals surface area contributed by atoms with Gasteiger partial charge in [0.1, 0.15) is 5.82 Å². The fraction of sp³-hybridized carbons (Fsp3) is 0.125. The van der Waals surface area contributed by atoms with Gasteiger partial charge < -0.3 is 26.7 Å². The molecule has 0 aliphatic carbocycles. The van der Waals surface area contributed by atoms with Crippen LogP contribution >= 0.6 is 0 Å². The third-order valence-electron chi connectivity index (χ3n) is 5.39. The molecule has 178 valence electrons. The fourth-order valence-corrected chi connectivity index (χ4v) is 3.67. The van der Waals surface area contributed by atoms with E-state index in [1.165, 1.54) is 24.4 Å². The molecule has 0 radical (unpaired) electrons. The Morgan fingerprint density at radius 2 is 1.94 bits per heavy atom. The Kier molecular flexibility index (Phi) is 6.40. The minimum absolute atomic E-state index is 0.0142. The van der Waals surface area contributed by atoms with E-state index in [1.807, 2.05) is 0 Å². The molecular formula is C24H22FN7O3. The highest BCUT2D eigenvalue weighted by Gasteiger charge is 2.26. The number of hydrogen-bond donors (Lipinski definition) is 5. The molecule has 3 amide bonds. The summed E-state index contributed by atoms with van der Waals surface area (Å²) >= 11 is 0. The van der Waals surface area contributed by atoms with Crippen LogP contribution in [0.4, 0.5) is 21.5 Å². The zero-order valence-electron chi connectivity index (χ0n) is 18.9. The molecule has 1 aliphatic rings. The number of aromatic amines is 1. The van der Waals surface area contributed by atoms with Gasteiger partial charge in [0.2, 0.25) is 5.91 Å². The quantitative estimate of drug-likeness (QED) is 0.211. The van der Waals surface area contributed by atoms with Crippen molar-refractivity contribution in [3.05, 3.63) is 76.4 Å². The summed E-state index contributed by atoms with van der Waals surface area (Å²) in [6, 6.07) is 10.7. The number of nitrogen functional groups attached to an aromatic ring is 1. The Balaban J connectivity index is 1.44. The van der Waals surface area contributed by atoms with Crippen LogP contribution in [0.15, 0.2) is 52.7 Å². The molecule has 35 heavy (non-hydrogen) atoms. The monoisotopic (exact) mass is 475 g/mol. The summed E-state index contributed by atoms with van der Waals surface area (Å²) in [6.07, 6.45) is 1.36. The number of halogens is 1. The van der Waals surface area contributed by atoms with Gasteiger partial charge in [-0.2, -0.15) is 5.10 Å². The number of fused-ring (bicyclic) bond motifs is 1. The van der Waals surface area contributed by atoms with Crippen molar-refractivity contribution < 1.29 is 18.8 Å². The summed E-state index contributed by atoms with van der Waals surface area (Å²) in [4.78, 5) is 40.1. The third-order valence-corrected chi connectivity index (χ3v) is 5.39. The van der Waals surface area contributed by atoms with Crippen molar-refractivity contribution in [2.24, 2.45) is 10.2 Å². The number of H-pyrrole nitrogens is 1. The number of nitrogens with zero attached hydrogens (tertiary/aromatic N) is 2. The van der Waals surface area contributed by atoms with Crippen LogP contribution in [0.1, 0.15) is 32.9 Å². The number of hydrogen-bond acceptors (Lipinski definition) is 6. The Morgan fingerprint density at radius 1 is 1.17 bits per heavy atom. The first kappa shape index (κ1) is 23.4. The molecule has 0 fully saturated rings. The number of nitrogens with one attached hydrogen (secondary N) is 4. The Labute approximate surface area is 199 Å². The van der Waals surface area contributed by atoms with Crippen LogP contribution in [0.25, 0.3) is 0 Å². The lowest BCUT2D eigenvalue weighted by molar-refractivity contribution is -0.115. The number of para-hydroxylation sites is 2. The van der Waals surface area contributed by atoms with Crippen molar-refractivity contribution in [3.63, 3.8) is 0 Å². The number of amides is 3. The number of aromatic nitrogens is 1. The smallest absolute Gasteiger partial charge is 0.276 e. The largest absolute Gasteiger partial charge is 0.397 e. The fourth-order valence-electron chi connectivity index (χ4n) is 3.67. The van der Waals surface area contributed by atoms with Crippen molar-refractivity contribution in [1.29, 1.82) is 0 Å². The zero-order chi connectivity index (χ0) is 25.1. The number of rotatable bonds is 6. The topological polar surface area (TPSA) is 154 Å². The second kappa shape index (κ2) is 9.59. The molecule has 0 saturated carbocycles. The predicted molar refractivity (Wildman–Crippen MR) is 131 cm³/mol. The molecule has 6 N–H and O–H groups in total.